The first-order valence-corrected chi connectivity index (χ1v) is 12.7. The number of rotatable bonds is 7. The number of pyridine rings is 1. The number of aromatic nitrogens is 1. The minimum absolute atomic E-state index is 0.215. The van der Waals surface area contributed by atoms with Crippen LogP contribution in [0.3, 0.4) is 0 Å². The van der Waals surface area contributed by atoms with Gasteiger partial charge in [-0.05, 0) is 60.8 Å². The van der Waals surface area contributed by atoms with Crippen molar-refractivity contribution in [2.75, 3.05) is 19.7 Å². The largest absolute Gasteiger partial charge is 0.394 e. The summed E-state index contributed by atoms with van der Waals surface area (Å²) in [5.41, 5.74) is 4.17. The Kier molecular flexibility index (Phi) is 6.92. The molecule has 0 radical (unpaired) electrons. The minimum Gasteiger partial charge on any atom is -0.394 e. The van der Waals surface area contributed by atoms with Crippen molar-refractivity contribution < 1.29 is 9.90 Å². The standard InChI is InChI=1S/C27H26ClN3O2S/c28-21-5-3-4-20(12-21)24(17-32)30-27(33)25-13-22-23(14-29-15-26(22)34-25)19-8-6-18(7-9-19)16-31-10-1-2-11-31/h3-9,12-15,24,32H,1-2,10-11,16-17H2,(H,30,33)/t24-/m1/s1. The lowest BCUT2D eigenvalue weighted by molar-refractivity contribution is 0.0920. The Morgan fingerprint density at radius 2 is 1.91 bits per heavy atom. The van der Waals surface area contributed by atoms with Crippen LogP contribution >= 0.6 is 22.9 Å². The summed E-state index contributed by atoms with van der Waals surface area (Å²) in [5, 5.41) is 14.3. The fraction of sp³-hybridized carbons (Fsp3) is 0.259. The molecular weight excluding hydrogens is 466 g/mol. The van der Waals surface area contributed by atoms with Gasteiger partial charge in [0.05, 0.1) is 22.2 Å². The van der Waals surface area contributed by atoms with E-state index in [1.54, 1.807) is 24.4 Å². The molecule has 5 rings (SSSR count). The Morgan fingerprint density at radius 1 is 1.12 bits per heavy atom. The molecule has 174 valence electrons. The average Bonchev–Trinajstić information content (AvgIpc) is 3.53. The second-order valence-electron chi connectivity index (χ2n) is 8.65. The molecule has 1 atom stereocenters. The van der Waals surface area contributed by atoms with Crippen molar-refractivity contribution in [3.8, 4) is 11.1 Å². The Hall–Kier alpha value is -2.77. The number of carbonyl (C=O) groups excluding carboxylic acids is 1. The van der Waals surface area contributed by atoms with Gasteiger partial charge in [-0.15, -0.1) is 11.3 Å². The van der Waals surface area contributed by atoms with Crippen molar-refractivity contribution >= 4 is 38.9 Å². The molecule has 3 heterocycles. The molecule has 34 heavy (non-hydrogen) atoms. The molecule has 2 aromatic heterocycles. The molecule has 4 aromatic rings. The van der Waals surface area contributed by atoms with Crippen molar-refractivity contribution in [2.24, 2.45) is 0 Å². The van der Waals surface area contributed by atoms with Gasteiger partial charge in [0.15, 0.2) is 0 Å². The fourth-order valence-corrected chi connectivity index (χ4v) is 5.63. The molecule has 0 saturated carbocycles. The highest BCUT2D eigenvalue weighted by Crippen LogP contribution is 2.34. The van der Waals surface area contributed by atoms with E-state index in [9.17, 15) is 9.90 Å². The van der Waals surface area contributed by atoms with Gasteiger partial charge in [0, 0.05) is 34.9 Å². The highest BCUT2D eigenvalue weighted by molar-refractivity contribution is 7.20. The smallest absolute Gasteiger partial charge is 0.261 e. The lowest BCUT2D eigenvalue weighted by atomic mass is 10.0. The number of nitrogens with zero attached hydrogens (tertiary/aromatic N) is 2. The maximum Gasteiger partial charge on any atom is 0.261 e. The first kappa shape index (κ1) is 23.0. The Morgan fingerprint density at radius 3 is 2.65 bits per heavy atom. The molecule has 0 unspecified atom stereocenters. The van der Waals surface area contributed by atoms with Gasteiger partial charge in [-0.1, -0.05) is 48.0 Å². The molecule has 0 bridgehead atoms. The SMILES string of the molecule is O=C(N[C@H](CO)c1cccc(Cl)c1)c1cc2c(-c3ccc(CN4CCCC4)cc3)cncc2s1. The van der Waals surface area contributed by atoms with E-state index in [0.29, 0.717) is 9.90 Å². The number of hydrogen-bond donors (Lipinski definition) is 2. The molecular formula is C27H26ClN3O2S. The molecule has 2 N–H and O–H groups in total. The van der Waals surface area contributed by atoms with Crippen LogP contribution < -0.4 is 5.32 Å². The number of halogens is 1. The minimum atomic E-state index is -0.530. The number of nitrogens with one attached hydrogen (secondary N) is 1. The molecule has 1 aliphatic heterocycles. The number of amides is 1. The Labute approximate surface area is 208 Å². The summed E-state index contributed by atoms with van der Waals surface area (Å²) in [4.78, 5) is 20.5. The van der Waals surface area contributed by atoms with E-state index < -0.39 is 6.04 Å². The normalized spacial score (nSPS) is 15.0. The lowest BCUT2D eigenvalue weighted by Crippen LogP contribution is -2.30. The number of thiophene rings is 1. The zero-order valence-corrected chi connectivity index (χ0v) is 20.3. The van der Waals surface area contributed by atoms with Crippen LogP contribution in [0.15, 0.2) is 67.0 Å². The first-order valence-electron chi connectivity index (χ1n) is 11.5. The van der Waals surface area contributed by atoms with Gasteiger partial charge < -0.3 is 10.4 Å². The van der Waals surface area contributed by atoms with Crippen LogP contribution in [0.25, 0.3) is 21.2 Å². The van der Waals surface area contributed by atoms with Gasteiger partial charge in [0.2, 0.25) is 0 Å². The van der Waals surface area contributed by atoms with E-state index in [4.69, 9.17) is 11.6 Å². The quantitative estimate of drug-likeness (QED) is 0.349. The number of aliphatic hydroxyl groups is 1. The number of likely N-dealkylation sites (tertiary alicyclic amines) is 1. The summed E-state index contributed by atoms with van der Waals surface area (Å²) in [5.74, 6) is -0.230. The highest BCUT2D eigenvalue weighted by Gasteiger charge is 2.19. The maximum atomic E-state index is 13.0. The topological polar surface area (TPSA) is 65.5 Å². The molecule has 1 saturated heterocycles. The summed E-state index contributed by atoms with van der Waals surface area (Å²) in [7, 11) is 0. The molecule has 0 aliphatic carbocycles. The molecule has 1 fully saturated rings. The molecule has 1 aliphatic rings. The number of aliphatic hydroxyl groups excluding tert-OH is 1. The van der Waals surface area contributed by atoms with Gasteiger partial charge in [0.1, 0.15) is 0 Å². The van der Waals surface area contributed by atoms with E-state index in [0.717, 1.165) is 33.3 Å². The van der Waals surface area contributed by atoms with Crippen molar-refractivity contribution in [1.29, 1.82) is 0 Å². The second-order valence-corrected chi connectivity index (χ2v) is 10.2. The summed E-state index contributed by atoms with van der Waals surface area (Å²) in [6.45, 7) is 3.13. The average molecular weight is 492 g/mol. The molecule has 0 spiro atoms. The van der Waals surface area contributed by atoms with Crippen molar-refractivity contribution in [2.45, 2.75) is 25.4 Å². The third kappa shape index (κ3) is 5.00. The van der Waals surface area contributed by atoms with Gasteiger partial charge >= 0.3 is 0 Å². The molecule has 5 nitrogen and oxygen atoms in total. The summed E-state index contributed by atoms with van der Waals surface area (Å²) in [6, 6.07) is 17.2. The van der Waals surface area contributed by atoms with Gasteiger partial charge in [0.25, 0.3) is 5.91 Å². The predicted octanol–water partition coefficient (Wildman–Crippen LogP) is 5.68. The predicted molar refractivity (Wildman–Crippen MR) is 138 cm³/mol. The number of carbonyl (C=O) groups is 1. The third-order valence-electron chi connectivity index (χ3n) is 6.28. The van der Waals surface area contributed by atoms with Crippen LogP contribution in [0.1, 0.15) is 39.7 Å². The number of fused-ring (bicyclic) bond motifs is 1. The lowest BCUT2D eigenvalue weighted by Gasteiger charge is -2.16. The number of benzene rings is 2. The van der Waals surface area contributed by atoms with Crippen LogP contribution in [0, 0.1) is 0 Å². The van der Waals surface area contributed by atoms with Crippen molar-refractivity contribution in [3.63, 3.8) is 0 Å². The van der Waals surface area contributed by atoms with Crippen LogP contribution in [-0.4, -0.2) is 40.6 Å². The molecule has 7 heteroatoms. The fourth-order valence-electron chi connectivity index (χ4n) is 4.48. The Balaban J connectivity index is 1.37. The first-order chi connectivity index (χ1) is 16.6. The van der Waals surface area contributed by atoms with E-state index in [-0.39, 0.29) is 12.5 Å². The van der Waals surface area contributed by atoms with Gasteiger partial charge in [-0.3, -0.25) is 14.7 Å². The van der Waals surface area contributed by atoms with Crippen LogP contribution in [0.2, 0.25) is 5.02 Å². The van der Waals surface area contributed by atoms with Crippen molar-refractivity contribution in [1.82, 2.24) is 15.2 Å². The summed E-state index contributed by atoms with van der Waals surface area (Å²) in [6.07, 6.45) is 6.23. The van der Waals surface area contributed by atoms with E-state index in [1.165, 1.54) is 42.8 Å². The van der Waals surface area contributed by atoms with Crippen LogP contribution in [-0.2, 0) is 6.54 Å². The maximum absolute atomic E-state index is 13.0. The second kappa shape index (κ2) is 10.2. The zero-order chi connectivity index (χ0) is 23.5. The van der Waals surface area contributed by atoms with Gasteiger partial charge in [-0.25, -0.2) is 0 Å². The van der Waals surface area contributed by atoms with E-state index in [2.05, 4.69) is 39.5 Å². The monoisotopic (exact) mass is 491 g/mol. The molecule has 2 aromatic carbocycles. The van der Waals surface area contributed by atoms with Crippen LogP contribution in [0.5, 0.6) is 0 Å². The number of hydrogen-bond acceptors (Lipinski definition) is 5. The highest BCUT2D eigenvalue weighted by atomic mass is 35.5. The van der Waals surface area contributed by atoms with Gasteiger partial charge in [-0.2, -0.15) is 0 Å². The van der Waals surface area contributed by atoms with Crippen LogP contribution in [0.4, 0.5) is 0 Å². The molecule has 1 amide bonds. The zero-order valence-electron chi connectivity index (χ0n) is 18.7. The summed E-state index contributed by atoms with van der Waals surface area (Å²) >= 11 is 7.48. The summed E-state index contributed by atoms with van der Waals surface area (Å²) < 4.78 is 0.951. The van der Waals surface area contributed by atoms with Crippen molar-refractivity contribution in [3.05, 3.63) is 88.0 Å². The van der Waals surface area contributed by atoms with E-state index in [1.807, 2.05) is 18.3 Å². The Bertz CT molecular complexity index is 1300. The third-order valence-corrected chi connectivity index (χ3v) is 7.58. The van der Waals surface area contributed by atoms with E-state index >= 15 is 0 Å².